The molecule has 140 valence electrons. The van der Waals surface area contributed by atoms with E-state index < -0.39 is 5.92 Å². The Balaban J connectivity index is 1.66. The largest absolute Gasteiger partial charge is 0.326 e. The molecule has 0 saturated carbocycles. The number of hydrogen-bond acceptors (Lipinski definition) is 3. The third kappa shape index (κ3) is 4.53. The highest BCUT2D eigenvalue weighted by Crippen LogP contribution is 2.28. The average molecular weight is 365 g/mol. The minimum atomic E-state index is -0.395. The van der Waals surface area contributed by atoms with Crippen LogP contribution in [0.3, 0.4) is 0 Å². The highest BCUT2D eigenvalue weighted by Gasteiger charge is 2.35. The Morgan fingerprint density at radius 3 is 2.07 bits per heavy atom. The van der Waals surface area contributed by atoms with Crippen LogP contribution in [-0.2, 0) is 14.4 Å². The summed E-state index contributed by atoms with van der Waals surface area (Å²) in [5.74, 6) is -0.764. The quantitative estimate of drug-likeness (QED) is 0.873. The summed E-state index contributed by atoms with van der Waals surface area (Å²) in [5, 5.41) is 5.53. The van der Waals surface area contributed by atoms with Gasteiger partial charge in [-0.1, -0.05) is 6.07 Å². The first-order chi connectivity index (χ1) is 12.8. The Kier molecular flexibility index (Phi) is 5.26. The predicted octanol–water partition coefficient (Wildman–Crippen LogP) is 3.25. The molecule has 0 bridgehead atoms. The molecule has 2 aromatic carbocycles. The lowest BCUT2D eigenvalue weighted by Crippen LogP contribution is -2.28. The zero-order chi connectivity index (χ0) is 19.6. The lowest BCUT2D eigenvalue weighted by Gasteiger charge is -2.18. The molecule has 3 amide bonds. The Morgan fingerprint density at radius 1 is 0.963 bits per heavy atom. The molecule has 2 aromatic rings. The highest BCUT2D eigenvalue weighted by atomic mass is 16.2. The van der Waals surface area contributed by atoms with E-state index in [2.05, 4.69) is 16.7 Å². The van der Waals surface area contributed by atoms with E-state index in [4.69, 9.17) is 0 Å². The first-order valence-corrected chi connectivity index (χ1v) is 8.89. The predicted molar refractivity (Wildman–Crippen MR) is 106 cm³/mol. The zero-order valence-electron chi connectivity index (χ0n) is 15.7. The van der Waals surface area contributed by atoms with E-state index in [1.54, 1.807) is 29.2 Å². The van der Waals surface area contributed by atoms with Crippen molar-refractivity contribution in [2.24, 2.45) is 5.92 Å². The Morgan fingerprint density at radius 2 is 1.52 bits per heavy atom. The number of anilines is 3. The van der Waals surface area contributed by atoms with Crippen molar-refractivity contribution in [1.29, 1.82) is 0 Å². The number of carbonyl (C=O) groups is 3. The molecule has 2 N–H and O–H groups in total. The van der Waals surface area contributed by atoms with Crippen LogP contribution in [0, 0.1) is 19.8 Å². The fraction of sp³-hybridized carbons (Fsp3) is 0.286. The van der Waals surface area contributed by atoms with Gasteiger partial charge in [0.1, 0.15) is 0 Å². The first kappa shape index (κ1) is 18.6. The zero-order valence-corrected chi connectivity index (χ0v) is 15.7. The number of amides is 3. The van der Waals surface area contributed by atoms with E-state index in [0.29, 0.717) is 17.9 Å². The van der Waals surface area contributed by atoms with Gasteiger partial charge in [-0.05, 0) is 61.4 Å². The molecule has 1 heterocycles. The summed E-state index contributed by atoms with van der Waals surface area (Å²) in [4.78, 5) is 37.7. The lowest BCUT2D eigenvalue weighted by molar-refractivity contribution is -0.122. The molecule has 1 aliphatic rings. The van der Waals surface area contributed by atoms with Gasteiger partial charge in [0.2, 0.25) is 17.7 Å². The van der Waals surface area contributed by atoms with Crippen LogP contribution in [-0.4, -0.2) is 24.3 Å². The number of benzene rings is 2. The molecule has 3 rings (SSSR count). The summed E-state index contributed by atoms with van der Waals surface area (Å²) in [6.45, 7) is 5.80. The second kappa shape index (κ2) is 7.61. The third-order valence-corrected chi connectivity index (χ3v) is 4.49. The summed E-state index contributed by atoms with van der Waals surface area (Å²) in [5.41, 5.74) is 4.31. The minimum Gasteiger partial charge on any atom is -0.326 e. The summed E-state index contributed by atoms with van der Waals surface area (Å²) in [7, 11) is 0. The number of carbonyl (C=O) groups excluding carboxylic acids is 3. The average Bonchev–Trinajstić information content (AvgIpc) is 2.97. The van der Waals surface area contributed by atoms with Gasteiger partial charge in [-0.15, -0.1) is 0 Å². The topological polar surface area (TPSA) is 78.5 Å². The van der Waals surface area contributed by atoms with Crippen LogP contribution in [0.1, 0.15) is 24.5 Å². The first-order valence-electron chi connectivity index (χ1n) is 8.89. The van der Waals surface area contributed by atoms with Gasteiger partial charge in [0, 0.05) is 37.0 Å². The van der Waals surface area contributed by atoms with Crippen LogP contribution >= 0.6 is 0 Å². The second-order valence-electron chi connectivity index (χ2n) is 7.00. The molecule has 0 radical (unpaired) electrons. The fourth-order valence-electron chi connectivity index (χ4n) is 3.32. The molecule has 0 aliphatic carbocycles. The second-order valence-corrected chi connectivity index (χ2v) is 7.00. The number of rotatable bonds is 4. The van der Waals surface area contributed by atoms with Crippen molar-refractivity contribution < 1.29 is 14.4 Å². The molecule has 27 heavy (non-hydrogen) atoms. The van der Waals surface area contributed by atoms with Crippen molar-refractivity contribution in [2.75, 3.05) is 22.1 Å². The van der Waals surface area contributed by atoms with Gasteiger partial charge in [0.25, 0.3) is 0 Å². The van der Waals surface area contributed by atoms with Crippen molar-refractivity contribution in [2.45, 2.75) is 27.2 Å². The Bertz CT molecular complexity index is 870. The van der Waals surface area contributed by atoms with Gasteiger partial charge in [0.05, 0.1) is 5.92 Å². The van der Waals surface area contributed by atoms with Crippen molar-refractivity contribution >= 4 is 34.8 Å². The molecule has 1 atom stereocenters. The van der Waals surface area contributed by atoms with E-state index >= 15 is 0 Å². The standard InChI is InChI=1S/C21H23N3O3/c1-13-8-14(2)10-19(9-13)24-12-16(11-20(24)26)21(27)23-18-6-4-17(5-7-18)22-15(3)25/h4-10,16H,11-12H2,1-3H3,(H,22,25)(H,23,27)/t16-/m0/s1. The van der Waals surface area contributed by atoms with Gasteiger partial charge < -0.3 is 15.5 Å². The monoisotopic (exact) mass is 365 g/mol. The fourth-order valence-corrected chi connectivity index (χ4v) is 3.32. The Hall–Kier alpha value is -3.15. The van der Waals surface area contributed by atoms with Crippen molar-refractivity contribution in [3.05, 3.63) is 53.6 Å². The van der Waals surface area contributed by atoms with Gasteiger partial charge in [-0.25, -0.2) is 0 Å². The molecule has 0 spiro atoms. The third-order valence-electron chi connectivity index (χ3n) is 4.49. The molecule has 0 unspecified atom stereocenters. The molecule has 0 aromatic heterocycles. The van der Waals surface area contributed by atoms with E-state index in [1.165, 1.54) is 6.92 Å². The van der Waals surface area contributed by atoms with Gasteiger partial charge in [0.15, 0.2) is 0 Å². The van der Waals surface area contributed by atoms with Crippen LogP contribution < -0.4 is 15.5 Å². The maximum absolute atomic E-state index is 12.6. The van der Waals surface area contributed by atoms with Crippen LogP contribution in [0.15, 0.2) is 42.5 Å². The van der Waals surface area contributed by atoms with Crippen LogP contribution in [0.5, 0.6) is 0 Å². The highest BCUT2D eigenvalue weighted by molar-refractivity contribution is 6.03. The maximum Gasteiger partial charge on any atom is 0.229 e. The van der Waals surface area contributed by atoms with E-state index in [1.807, 2.05) is 26.0 Å². The number of hydrogen-bond donors (Lipinski definition) is 2. The van der Waals surface area contributed by atoms with Crippen LogP contribution in [0.25, 0.3) is 0 Å². The summed E-state index contributed by atoms with van der Waals surface area (Å²) >= 11 is 0. The summed E-state index contributed by atoms with van der Waals surface area (Å²) in [6.07, 6.45) is 0.197. The minimum absolute atomic E-state index is 0.0406. The van der Waals surface area contributed by atoms with Gasteiger partial charge in [-0.2, -0.15) is 0 Å². The molecule has 1 fully saturated rings. The van der Waals surface area contributed by atoms with Crippen molar-refractivity contribution in [3.63, 3.8) is 0 Å². The molecule has 1 saturated heterocycles. The molecule has 6 heteroatoms. The van der Waals surface area contributed by atoms with Crippen LogP contribution in [0.4, 0.5) is 17.1 Å². The van der Waals surface area contributed by atoms with E-state index in [-0.39, 0.29) is 24.1 Å². The maximum atomic E-state index is 12.6. The van der Waals surface area contributed by atoms with Gasteiger partial charge in [-0.3, -0.25) is 14.4 Å². The van der Waals surface area contributed by atoms with Crippen molar-refractivity contribution in [1.82, 2.24) is 0 Å². The summed E-state index contributed by atoms with van der Waals surface area (Å²) in [6, 6.07) is 12.9. The lowest BCUT2D eigenvalue weighted by atomic mass is 10.1. The molecular weight excluding hydrogens is 342 g/mol. The smallest absolute Gasteiger partial charge is 0.229 e. The van der Waals surface area contributed by atoms with Gasteiger partial charge >= 0.3 is 0 Å². The SMILES string of the molecule is CC(=O)Nc1ccc(NC(=O)[C@H]2CC(=O)N(c3cc(C)cc(C)c3)C2)cc1. The summed E-state index contributed by atoms with van der Waals surface area (Å²) < 4.78 is 0. The normalized spacial score (nSPS) is 16.3. The van der Waals surface area contributed by atoms with Crippen molar-refractivity contribution in [3.8, 4) is 0 Å². The Labute approximate surface area is 158 Å². The van der Waals surface area contributed by atoms with E-state index in [0.717, 1.165) is 16.8 Å². The number of nitrogens with one attached hydrogen (secondary N) is 2. The molecule has 1 aliphatic heterocycles. The molecule has 6 nitrogen and oxygen atoms in total. The number of nitrogens with zero attached hydrogens (tertiary/aromatic N) is 1. The number of aryl methyl sites for hydroxylation is 2. The molecular formula is C21H23N3O3. The van der Waals surface area contributed by atoms with E-state index in [9.17, 15) is 14.4 Å². The van der Waals surface area contributed by atoms with Crippen LogP contribution in [0.2, 0.25) is 0 Å².